The van der Waals surface area contributed by atoms with Gasteiger partial charge in [-0.2, -0.15) is 0 Å². The van der Waals surface area contributed by atoms with Crippen molar-refractivity contribution in [3.63, 3.8) is 0 Å². The summed E-state index contributed by atoms with van der Waals surface area (Å²) in [6.45, 7) is 1.32. The Hall–Kier alpha value is -3.72. The molecule has 1 aliphatic rings. The third-order valence-corrected chi connectivity index (χ3v) is 7.16. The fourth-order valence-electron chi connectivity index (χ4n) is 4.73. The number of benzene rings is 2. The molecule has 2 aromatic carbocycles. The summed E-state index contributed by atoms with van der Waals surface area (Å²) in [7, 11) is 2.81. The Morgan fingerprint density at radius 1 is 1.05 bits per heavy atom. The first-order valence-electron chi connectivity index (χ1n) is 12.0. The van der Waals surface area contributed by atoms with Crippen molar-refractivity contribution in [2.24, 2.45) is 5.92 Å². The number of nitrogens with one attached hydrogen (secondary N) is 1. The van der Waals surface area contributed by atoms with Crippen LogP contribution in [0.1, 0.15) is 23.3 Å². The number of likely N-dealkylation sites (N-methyl/N-ethyl adjacent to an activating group) is 1. The van der Waals surface area contributed by atoms with Crippen LogP contribution in [-0.4, -0.2) is 54.5 Å². The molecule has 0 aliphatic carbocycles. The Morgan fingerprint density at radius 3 is 2.41 bits per heavy atom. The molecule has 1 aliphatic heterocycles. The molecular formula is C28H28BrN3O5. The van der Waals surface area contributed by atoms with Gasteiger partial charge in [-0.3, -0.25) is 14.4 Å². The van der Waals surface area contributed by atoms with E-state index < -0.39 is 5.97 Å². The molecule has 37 heavy (non-hydrogen) atoms. The lowest BCUT2D eigenvalue weighted by Gasteiger charge is -2.32. The first kappa shape index (κ1) is 26.3. The number of esters is 1. The quantitative estimate of drug-likeness (QED) is 0.362. The number of carbonyl (C=O) groups is 3. The predicted octanol–water partition coefficient (Wildman–Crippen LogP) is 3.76. The van der Waals surface area contributed by atoms with Crippen LogP contribution in [0, 0.1) is 5.92 Å². The molecule has 0 unspecified atom stereocenters. The number of ether oxygens (including phenoxy) is 1. The minimum absolute atomic E-state index is 0.0737. The molecule has 1 saturated heterocycles. The van der Waals surface area contributed by atoms with Crippen LogP contribution >= 0.6 is 15.9 Å². The SMILES string of the molecule is CNC(=O)/C=C/C(=O)N1CCC(Cn2c(C(=O)OC)c(-c3ccccc3)c3cc(Br)ccc3c2=O)CC1. The van der Waals surface area contributed by atoms with Gasteiger partial charge in [0.2, 0.25) is 11.8 Å². The summed E-state index contributed by atoms with van der Waals surface area (Å²) in [4.78, 5) is 52.4. The van der Waals surface area contributed by atoms with Crippen molar-refractivity contribution >= 4 is 44.5 Å². The Labute approximate surface area is 223 Å². The van der Waals surface area contributed by atoms with Crippen LogP contribution in [0.25, 0.3) is 21.9 Å². The van der Waals surface area contributed by atoms with Crippen molar-refractivity contribution in [1.82, 2.24) is 14.8 Å². The average molecular weight is 566 g/mol. The number of aromatic nitrogens is 1. The van der Waals surface area contributed by atoms with E-state index in [9.17, 15) is 19.2 Å². The van der Waals surface area contributed by atoms with Gasteiger partial charge in [0.25, 0.3) is 5.56 Å². The van der Waals surface area contributed by atoms with Crippen molar-refractivity contribution in [2.45, 2.75) is 19.4 Å². The highest BCUT2D eigenvalue weighted by molar-refractivity contribution is 9.10. The minimum Gasteiger partial charge on any atom is -0.464 e. The zero-order valence-corrected chi connectivity index (χ0v) is 22.3. The highest BCUT2D eigenvalue weighted by Crippen LogP contribution is 2.33. The van der Waals surface area contributed by atoms with Gasteiger partial charge in [-0.15, -0.1) is 0 Å². The monoisotopic (exact) mass is 565 g/mol. The highest BCUT2D eigenvalue weighted by atomic mass is 79.9. The first-order valence-corrected chi connectivity index (χ1v) is 12.8. The molecule has 0 saturated carbocycles. The van der Waals surface area contributed by atoms with Gasteiger partial charge in [-0.1, -0.05) is 46.3 Å². The van der Waals surface area contributed by atoms with E-state index >= 15 is 0 Å². The number of carbonyl (C=O) groups excluding carboxylic acids is 3. The van der Waals surface area contributed by atoms with Gasteiger partial charge in [-0.05, 0) is 47.9 Å². The maximum atomic E-state index is 13.7. The Morgan fingerprint density at radius 2 is 1.76 bits per heavy atom. The Kier molecular flexibility index (Phi) is 8.23. The van der Waals surface area contributed by atoms with Crippen LogP contribution < -0.4 is 10.9 Å². The number of hydrogen-bond donors (Lipinski definition) is 1. The normalized spacial score (nSPS) is 14.2. The van der Waals surface area contributed by atoms with Crippen molar-refractivity contribution in [3.05, 3.63) is 81.2 Å². The van der Waals surface area contributed by atoms with E-state index in [0.29, 0.717) is 48.8 Å². The predicted molar refractivity (Wildman–Crippen MR) is 145 cm³/mol. The van der Waals surface area contributed by atoms with E-state index in [1.807, 2.05) is 42.5 Å². The van der Waals surface area contributed by atoms with Crippen molar-refractivity contribution in [3.8, 4) is 11.1 Å². The summed E-state index contributed by atoms with van der Waals surface area (Å²) in [5, 5.41) is 3.63. The lowest BCUT2D eigenvalue weighted by atomic mass is 9.94. The van der Waals surface area contributed by atoms with Gasteiger partial charge >= 0.3 is 5.97 Å². The largest absolute Gasteiger partial charge is 0.464 e. The van der Waals surface area contributed by atoms with E-state index in [-0.39, 0.29) is 29.0 Å². The topological polar surface area (TPSA) is 97.7 Å². The van der Waals surface area contributed by atoms with Crippen LogP contribution in [0.2, 0.25) is 0 Å². The van der Waals surface area contributed by atoms with E-state index in [2.05, 4.69) is 21.2 Å². The average Bonchev–Trinajstić information content (AvgIpc) is 2.93. The molecule has 0 bridgehead atoms. The maximum Gasteiger partial charge on any atom is 0.355 e. The van der Waals surface area contributed by atoms with Crippen molar-refractivity contribution < 1.29 is 19.1 Å². The fraction of sp³-hybridized carbons (Fsp3) is 0.286. The summed E-state index contributed by atoms with van der Waals surface area (Å²) >= 11 is 3.50. The van der Waals surface area contributed by atoms with E-state index in [4.69, 9.17) is 4.74 Å². The third-order valence-electron chi connectivity index (χ3n) is 6.67. The zero-order valence-electron chi connectivity index (χ0n) is 20.7. The molecule has 0 spiro atoms. The van der Waals surface area contributed by atoms with Crippen LogP contribution in [0.5, 0.6) is 0 Å². The van der Waals surface area contributed by atoms with Gasteiger partial charge in [0.15, 0.2) is 0 Å². The number of likely N-dealkylation sites (tertiary alicyclic amines) is 1. The van der Waals surface area contributed by atoms with Crippen LogP contribution in [0.4, 0.5) is 0 Å². The minimum atomic E-state index is -0.579. The van der Waals surface area contributed by atoms with E-state index in [1.165, 1.54) is 30.9 Å². The summed E-state index contributed by atoms with van der Waals surface area (Å²) in [6.07, 6.45) is 3.80. The first-order chi connectivity index (χ1) is 17.8. The fourth-order valence-corrected chi connectivity index (χ4v) is 5.09. The van der Waals surface area contributed by atoms with Crippen LogP contribution in [0.15, 0.2) is 70.0 Å². The smallest absolute Gasteiger partial charge is 0.355 e. The molecule has 1 aromatic heterocycles. The number of pyridine rings is 1. The molecular weight excluding hydrogens is 538 g/mol. The standard InChI is InChI=1S/C28H28BrN3O5/c1-30-23(33)10-11-24(34)31-14-12-18(13-15-31)17-32-26(28(36)37-2)25(19-6-4-3-5-7-19)22-16-20(29)8-9-21(22)27(32)35/h3-11,16,18H,12-15,17H2,1-2H3,(H,30,33)/b11-10+. The molecule has 2 amide bonds. The third kappa shape index (κ3) is 5.67. The molecule has 1 N–H and O–H groups in total. The summed E-state index contributed by atoms with van der Waals surface area (Å²) in [5.41, 5.74) is 1.42. The molecule has 0 atom stereocenters. The summed E-state index contributed by atoms with van der Waals surface area (Å²) in [5.74, 6) is -1.07. The van der Waals surface area contributed by atoms with E-state index in [1.54, 1.807) is 11.0 Å². The molecule has 4 rings (SSSR count). The van der Waals surface area contributed by atoms with Gasteiger partial charge in [0, 0.05) is 54.3 Å². The van der Waals surface area contributed by atoms with Gasteiger partial charge < -0.3 is 19.5 Å². The number of nitrogens with zero attached hydrogens (tertiary/aromatic N) is 2. The summed E-state index contributed by atoms with van der Waals surface area (Å²) < 4.78 is 7.50. The van der Waals surface area contributed by atoms with E-state index in [0.717, 1.165) is 10.0 Å². The molecule has 3 aromatic rings. The number of rotatable bonds is 6. The lowest BCUT2D eigenvalue weighted by Crippen LogP contribution is -2.40. The maximum absolute atomic E-state index is 13.7. The molecule has 2 heterocycles. The number of fused-ring (bicyclic) bond motifs is 1. The van der Waals surface area contributed by atoms with Crippen LogP contribution in [-0.2, 0) is 20.9 Å². The molecule has 192 valence electrons. The van der Waals surface area contributed by atoms with Gasteiger partial charge in [0.05, 0.1) is 7.11 Å². The van der Waals surface area contributed by atoms with Gasteiger partial charge in [0.1, 0.15) is 5.69 Å². The van der Waals surface area contributed by atoms with Crippen molar-refractivity contribution in [1.29, 1.82) is 0 Å². The van der Waals surface area contributed by atoms with Gasteiger partial charge in [-0.25, -0.2) is 4.79 Å². The van der Waals surface area contributed by atoms with Crippen molar-refractivity contribution in [2.75, 3.05) is 27.2 Å². The lowest BCUT2D eigenvalue weighted by molar-refractivity contribution is -0.127. The number of amides is 2. The Bertz CT molecular complexity index is 1420. The van der Waals surface area contributed by atoms with Crippen LogP contribution in [0.3, 0.4) is 0 Å². The molecule has 0 radical (unpaired) electrons. The highest BCUT2D eigenvalue weighted by Gasteiger charge is 2.28. The molecule has 9 heteroatoms. The Balaban J connectivity index is 1.72. The molecule has 1 fully saturated rings. The second-order valence-corrected chi connectivity index (χ2v) is 9.82. The summed E-state index contributed by atoms with van der Waals surface area (Å²) in [6, 6.07) is 14.9. The second-order valence-electron chi connectivity index (χ2n) is 8.90. The number of hydrogen-bond acceptors (Lipinski definition) is 5. The molecule has 8 nitrogen and oxygen atoms in total. The zero-order chi connectivity index (χ0) is 26.5. The number of halogens is 1. The second kappa shape index (κ2) is 11.6. The number of methoxy groups -OCH3 is 1. The number of piperidine rings is 1.